The number of carbonyl (C=O) groups is 2. The minimum absolute atomic E-state index is 0.00992. The standard InChI is InChI=1S/C47H78N2O5/c1-3-10-37(30-50)38-25-33(23-32-21-22-49-45(48)26-32)24-35-17-20-40(34-13-8-5-9-14-34)46-36(16-18-39(51)29-43(52)42(35)27-38)28-44(54-2)47(53)41(46)19-15-31-11-6-4-7-12-31/h31-38,40-42,44-47,49-50,53H,3-16,18-19,21-30,48H2,1-2H3/p+1/t32?,33-,35+,36?,37-,38-,40-,41?,42-,44?,45?,46?,47?/m1/s1. The second-order valence-electron chi connectivity index (χ2n) is 19.6. The largest absolute Gasteiger partial charge is 0.396 e. The lowest BCUT2D eigenvalue weighted by Gasteiger charge is -2.49. The molecule has 1 saturated heterocycles. The van der Waals surface area contributed by atoms with E-state index in [9.17, 15) is 19.8 Å². The third-order valence-electron chi connectivity index (χ3n) is 16.1. The zero-order chi connectivity index (χ0) is 38.0. The Bertz CT molecular complexity index is 1230. The predicted molar refractivity (Wildman–Crippen MR) is 215 cm³/mol. The number of rotatable bonds is 11. The van der Waals surface area contributed by atoms with Crippen LogP contribution in [0, 0.1) is 82.9 Å². The van der Waals surface area contributed by atoms with E-state index in [1.54, 1.807) is 7.11 Å². The average molecular weight is 752 g/mol. The molecule has 5 aliphatic carbocycles. The third kappa shape index (κ3) is 11.0. The van der Waals surface area contributed by atoms with Crippen molar-refractivity contribution in [3.63, 3.8) is 0 Å². The maximum Gasteiger partial charge on any atom is 0.144 e. The molecule has 0 amide bonds. The summed E-state index contributed by atoms with van der Waals surface area (Å²) in [6.45, 7) is 3.43. The molecule has 0 spiro atoms. The maximum absolute atomic E-state index is 14.5. The fraction of sp³-hybridized carbons (Fsp3) is 0.915. The van der Waals surface area contributed by atoms with E-state index in [2.05, 4.69) is 24.1 Å². The Labute approximate surface area is 328 Å². The van der Waals surface area contributed by atoms with Gasteiger partial charge in [0.15, 0.2) is 0 Å². The molecule has 0 aromatic carbocycles. The van der Waals surface area contributed by atoms with Crippen LogP contribution in [-0.2, 0) is 14.3 Å². The highest BCUT2D eigenvalue weighted by Crippen LogP contribution is 2.51. The number of carbonyl (C=O) groups excluding carboxylic acids is 2. The number of nitrogens with two attached hydrogens (primary N) is 2. The van der Waals surface area contributed by atoms with Crippen LogP contribution in [0.2, 0.25) is 0 Å². The Balaban J connectivity index is 1.39. The van der Waals surface area contributed by atoms with Crippen LogP contribution in [0.5, 0.6) is 0 Å². The van der Waals surface area contributed by atoms with Crippen LogP contribution < -0.4 is 11.1 Å². The fourth-order valence-electron chi connectivity index (χ4n) is 13.2. The molecule has 13 atom stereocenters. The number of hydrogen-bond donors (Lipinski definition) is 4. The van der Waals surface area contributed by atoms with Crippen LogP contribution in [0.3, 0.4) is 0 Å². The number of Topliss-reactive ketones (excluding diaryl/α,β-unsaturated/α-hetero) is 2. The summed E-state index contributed by atoms with van der Waals surface area (Å²) in [5, 5.41) is 25.1. The predicted octanol–water partition coefficient (Wildman–Crippen LogP) is 7.20. The molecule has 6 rings (SSSR count). The monoisotopic (exact) mass is 752 g/mol. The number of ketones is 2. The zero-order valence-electron chi connectivity index (χ0n) is 34.3. The molecule has 0 aromatic heterocycles. The summed E-state index contributed by atoms with van der Waals surface area (Å²) in [5.74, 6) is 11.4. The second-order valence-corrected chi connectivity index (χ2v) is 19.6. The Morgan fingerprint density at radius 1 is 0.852 bits per heavy atom. The lowest BCUT2D eigenvalue weighted by molar-refractivity contribution is -0.699. The van der Waals surface area contributed by atoms with Crippen molar-refractivity contribution in [2.24, 2.45) is 76.7 Å². The molecular weight excluding hydrogens is 673 g/mol. The number of hydrogen-bond acceptors (Lipinski definition) is 6. The van der Waals surface area contributed by atoms with Gasteiger partial charge in [-0.2, -0.15) is 0 Å². The maximum atomic E-state index is 14.5. The van der Waals surface area contributed by atoms with Crippen molar-refractivity contribution in [3.8, 4) is 11.8 Å². The first-order valence-electron chi connectivity index (χ1n) is 23.2. The average Bonchev–Trinajstić information content (AvgIpc) is 3.36. The smallest absolute Gasteiger partial charge is 0.144 e. The lowest BCUT2D eigenvalue weighted by atomic mass is 9.57. The van der Waals surface area contributed by atoms with Gasteiger partial charge in [0.1, 0.15) is 17.7 Å². The fourth-order valence-corrected chi connectivity index (χ4v) is 13.2. The van der Waals surface area contributed by atoms with Gasteiger partial charge in [0, 0.05) is 44.3 Å². The van der Waals surface area contributed by atoms with E-state index in [4.69, 9.17) is 10.5 Å². The molecule has 7 heteroatoms. The van der Waals surface area contributed by atoms with Crippen molar-refractivity contribution < 1.29 is 29.9 Å². The van der Waals surface area contributed by atoms with E-state index in [0.29, 0.717) is 24.2 Å². The van der Waals surface area contributed by atoms with Gasteiger partial charge in [-0.05, 0) is 124 Å². The zero-order valence-corrected chi connectivity index (χ0v) is 34.3. The van der Waals surface area contributed by atoms with Gasteiger partial charge in [0.05, 0.1) is 25.2 Å². The SMILES string of the molecule is CCC[C@H](CO)[C@@H]1C[C@H](CC2CC[NH2+]C(N)C2)C[C@@H]2C#C[C@H](C3CCCCC3)C3C(CCC(=O)CC(=O)[C@@H]2C1)CC(OC)C(O)C3CCC1CCCCC1. The van der Waals surface area contributed by atoms with Gasteiger partial charge in [-0.15, -0.1) is 0 Å². The molecule has 6 aliphatic rings. The Morgan fingerprint density at radius 2 is 1.61 bits per heavy atom. The first-order chi connectivity index (χ1) is 26.3. The summed E-state index contributed by atoms with van der Waals surface area (Å²) in [4.78, 5) is 28.3. The van der Waals surface area contributed by atoms with E-state index >= 15 is 0 Å². The quantitative estimate of drug-likeness (QED) is 0.131. The second kappa shape index (κ2) is 20.9. The van der Waals surface area contributed by atoms with Crippen molar-refractivity contribution in [1.29, 1.82) is 0 Å². The topological polar surface area (TPSA) is 126 Å². The van der Waals surface area contributed by atoms with Gasteiger partial charge in [-0.1, -0.05) is 83.0 Å². The molecule has 7 unspecified atom stereocenters. The van der Waals surface area contributed by atoms with Gasteiger partial charge in [0.25, 0.3) is 0 Å². The summed E-state index contributed by atoms with van der Waals surface area (Å²) in [7, 11) is 1.75. The van der Waals surface area contributed by atoms with Crippen LogP contribution in [0.25, 0.3) is 0 Å². The lowest BCUT2D eigenvalue weighted by Crippen LogP contribution is -2.94. The van der Waals surface area contributed by atoms with Crippen molar-refractivity contribution in [3.05, 3.63) is 0 Å². The minimum Gasteiger partial charge on any atom is -0.396 e. The first-order valence-corrected chi connectivity index (χ1v) is 23.2. The Hall–Kier alpha value is -1.30. The van der Waals surface area contributed by atoms with Crippen molar-refractivity contribution in [2.45, 2.75) is 179 Å². The van der Waals surface area contributed by atoms with E-state index in [1.807, 2.05) is 0 Å². The summed E-state index contributed by atoms with van der Waals surface area (Å²) >= 11 is 0. The molecule has 0 aromatic rings. The molecule has 6 N–H and O–H groups in total. The molecule has 306 valence electrons. The van der Waals surface area contributed by atoms with Crippen molar-refractivity contribution >= 4 is 11.6 Å². The van der Waals surface area contributed by atoms with Crippen molar-refractivity contribution in [1.82, 2.24) is 0 Å². The summed E-state index contributed by atoms with van der Waals surface area (Å²) < 4.78 is 6.04. The van der Waals surface area contributed by atoms with Crippen LogP contribution in [0.1, 0.15) is 161 Å². The van der Waals surface area contributed by atoms with Gasteiger partial charge in [0.2, 0.25) is 0 Å². The molecule has 54 heavy (non-hydrogen) atoms. The number of fused-ring (bicyclic) bond motifs is 2. The normalized spacial score (nSPS) is 39.9. The summed E-state index contributed by atoms with van der Waals surface area (Å²) in [6.07, 6.45) is 24.3. The molecule has 1 aliphatic heterocycles. The number of quaternary nitrogens is 1. The van der Waals surface area contributed by atoms with E-state index in [-0.39, 0.29) is 84.2 Å². The molecule has 0 bridgehead atoms. The molecule has 5 fully saturated rings. The molecular formula is C47H79N2O5+. The van der Waals surface area contributed by atoms with E-state index in [1.165, 1.54) is 77.0 Å². The number of aliphatic hydroxyl groups excluding tert-OH is 2. The number of piperidine rings is 1. The van der Waals surface area contributed by atoms with Crippen LogP contribution >= 0.6 is 0 Å². The molecule has 7 nitrogen and oxygen atoms in total. The Kier molecular flexibility index (Phi) is 16.4. The Morgan fingerprint density at radius 3 is 2.31 bits per heavy atom. The molecule has 4 saturated carbocycles. The van der Waals surface area contributed by atoms with E-state index < -0.39 is 6.10 Å². The first kappa shape index (κ1) is 42.3. The highest BCUT2D eigenvalue weighted by atomic mass is 16.5. The van der Waals surface area contributed by atoms with Crippen molar-refractivity contribution in [2.75, 3.05) is 20.3 Å². The van der Waals surface area contributed by atoms with Crippen LogP contribution in [0.4, 0.5) is 0 Å². The van der Waals surface area contributed by atoms with Crippen LogP contribution in [-0.4, -0.2) is 60.4 Å². The third-order valence-corrected chi connectivity index (χ3v) is 16.1. The van der Waals surface area contributed by atoms with Gasteiger partial charge in [-0.3, -0.25) is 15.3 Å². The molecule has 0 radical (unpaired) electrons. The summed E-state index contributed by atoms with van der Waals surface area (Å²) in [5.41, 5.74) is 6.46. The van der Waals surface area contributed by atoms with Gasteiger partial charge < -0.3 is 20.3 Å². The molecule has 1 heterocycles. The van der Waals surface area contributed by atoms with Gasteiger partial charge in [-0.25, -0.2) is 0 Å². The summed E-state index contributed by atoms with van der Waals surface area (Å²) in [6, 6.07) is 0. The van der Waals surface area contributed by atoms with E-state index in [0.717, 1.165) is 76.7 Å². The highest BCUT2D eigenvalue weighted by Gasteiger charge is 2.49. The van der Waals surface area contributed by atoms with Crippen LogP contribution in [0.15, 0.2) is 0 Å². The number of aliphatic hydroxyl groups is 2. The number of methoxy groups -OCH3 is 1. The minimum atomic E-state index is -0.512. The van der Waals surface area contributed by atoms with Gasteiger partial charge >= 0.3 is 0 Å². The highest BCUT2D eigenvalue weighted by molar-refractivity contribution is 6.00. The number of ether oxygens (including phenoxy) is 1.